The Morgan fingerprint density at radius 2 is 1.88 bits per heavy atom. The first kappa shape index (κ1) is 13.5. The highest BCUT2D eigenvalue weighted by molar-refractivity contribution is 5.89. The van der Waals surface area contributed by atoms with Gasteiger partial charge in [0.25, 0.3) is 0 Å². The number of anilines is 1. The zero-order chi connectivity index (χ0) is 12.8. The molecule has 1 aromatic rings. The zero-order valence-electron chi connectivity index (χ0n) is 10.7. The molecule has 0 bridgehead atoms. The molecule has 4 nitrogen and oxygen atoms in total. The summed E-state index contributed by atoms with van der Waals surface area (Å²) < 4.78 is 0. The first-order valence-corrected chi connectivity index (χ1v) is 5.86. The Balaban J connectivity index is 2.37. The Labute approximate surface area is 103 Å². The third-order valence-corrected chi connectivity index (χ3v) is 2.66. The lowest BCUT2D eigenvalue weighted by molar-refractivity contribution is 0.250. The molecule has 4 N–H and O–H groups in total. The second kappa shape index (κ2) is 6.25. The fourth-order valence-electron chi connectivity index (χ4n) is 1.26. The van der Waals surface area contributed by atoms with E-state index in [4.69, 9.17) is 5.73 Å². The van der Waals surface area contributed by atoms with Crippen molar-refractivity contribution in [1.29, 1.82) is 0 Å². The van der Waals surface area contributed by atoms with Gasteiger partial charge >= 0.3 is 6.03 Å². The highest BCUT2D eigenvalue weighted by atomic mass is 16.2. The lowest BCUT2D eigenvalue weighted by Gasteiger charge is -2.16. The number of hydrogen-bond donors (Lipinski definition) is 3. The van der Waals surface area contributed by atoms with Crippen LogP contribution in [0.4, 0.5) is 10.5 Å². The van der Waals surface area contributed by atoms with Crippen LogP contribution in [-0.2, 0) is 0 Å². The number of rotatable bonds is 4. The fraction of sp³-hybridized carbons (Fsp3) is 0.462. The molecule has 0 aliphatic carbocycles. The summed E-state index contributed by atoms with van der Waals surface area (Å²) in [5, 5.41) is 5.51. The molecular formula is C13H21N3O. The van der Waals surface area contributed by atoms with Crippen LogP contribution in [0.5, 0.6) is 0 Å². The maximum Gasteiger partial charge on any atom is 0.319 e. The lowest BCUT2D eigenvalue weighted by atomic mass is 10.1. The molecule has 1 aromatic carbocycles. The number of amides is 2. The molecule has 0 saturated carbocycles. The van der Waals surface area contributed by atoms with Gasteiger partial charge in [-0.25, -0.2) is 4.79 Å². The molecule has 0 spiro atoms. The number of aryl methyl sites for hydroxylation is 1. The Morgan fingerprint density at radius 1 is 1.29 bits per heavy atom. The number of nitrogens with one attached hydrogen (secondary N) is 2. The minimum Gasteiger partial charge on any atom is -0.336 e. The molecule has 0 fully saturated rings. The summed E-state index contributed by atoms with van der Waals surface area (Å²) in [4.78, 5) is 11.5. The van der Waals surface area contributed by atoms with Gasteiger partial charge in [0.15, 0.2) is 0 Å². The standard InChI is InChI=1S/C13H21N3O/c1-9(2)12(14)8-15-13(17)16-11-6-4-10(3)5-7-11/h4-7,9,12H,8,14H2,1-3H3,(H2,15,16,17). The monoisotopic (exact) mass is 235 g/mol. The van der Waals surface area contributed by atoms with E-state index in [0.29, 0.717) is 12.5 Å². The molecule has 0 radical (unpaired) electrons. The van der Waals surface area contributed by atoms with Crippen molar-refractivity contribution in [3.05, 3.63) is 29.8 Å². The topological polar surface area (TPSA) is 67.2 Å². The van der Waals surface area contributed by atoms with Gasteiger partial charge in [0, 0.05) is 18.3 Å². The number of hydrogen-bond acceptors (Lipinski definition) is 2. The zero-order valence-corrected chi connectivity index (χ0v) is 10.7. The van der Waals surface area contributed by atoms with Crippen LogP contribution in [0.3, 0.4) is 0 Å². The number of benzene rings is 1. The molecule has 0 aromatic heterocycles. The highest BCUT2D eigenvalue weighted by Crippen LogP contribution is 2.08. The maximum atomic E-state index is 11.5. The predicted molar refractivity (Wildman–Crippen MR) is 71.0 cm³/mol. The Bertz CT molecular complexity index is 359. The third kappa shape index (κ3) is 4.87. The number of urea groups is 1. The van der Waals surface area contributed by atoms with Crippen LogP contribution in [0.15, 0.2) is 24.3 Å². The SMILES string of the molecule is Cc1ccc(NC(=O)NCC(N)C(C)C)cc1. The summed E-state index contributed by atoms with van der Waals surface area (Å²) in [5.41, 5.74) is 7.78. The summed E-state index contributed by atoms with van der Waals surface area (Å²) in [6.45, 7) is 6.55. The molecule has 17 heavy (non-hydrogen) atoms. The van der Waals surface area contributed by atoms with Crippen LogP contribution in [0.2, 0.25) is 0 Å². The first-order chi connectivity index (χ1) is 7.99. The summed E-state index contributed by atoms with van der Waals surface area (Å²) in [6, 6.07) is 7.42. The number of carbonyl (C=O) groups is 1. The summed E-state index contributed by atoms with van der Waals surface area (Å²) in [7, 11) is 0. The van der Waals surface area contributed by atoms with Crippen molar-refractivity contribution in [2.75, 3.05) is 11.9 Å². The molecular weight excluding hydrogens is 214 g/mol. The highest BCUT2D eigenvalue weighted by Gasteiger charge is 2.09. The summed E-state index contributed by atoms with van der Waals surface area (Å²) in [5.74, 6) is 0.356. The second-order valence-corrected chi connectivity index (χ2v) is 4.61. The van der Waals surface area contributed by atoms with Gasteiger partial charge in [-0.15, -0.1) is 0 Å². The van der Waals surface area contributed by atoms with Gasteiger partial charge in [0.2, 0.25) is 0 Å². The van der Waals surface area contributed by atoms with Crippen molar-refractivity contribution in [3.63, 3.8) is 0 Å². The van der Waals surface area contributed by atoms with E-state index in [1.165, 1.54) is 0 Å². The Kier molecular flexibility index (Phi) is 4.97. The van der Waals surface area contributed by atoms with E-state index in [0.717, 1.165) is 11.3 Å². The minimum atomic E-state index is -0.218. The average Bonchev–Trinajstić information content (AvgIpc) is 2.29. The van der Waals surface area contributed by atoms with Crippen molar-refractivity contribution < 1.29 is 4.79 Å². The summed E-state index contributed by atoms with van der Waals surface area (Å²) in [6.07, 6.45) is 0. The van der Waals surface area contributed by atoms with E-state index in [1.54, 1.807) is 0 Å². The van der Waals surface area contributed by atoms with Crippen LogP contribution in [-0.4, -0.2) is 18.6 Å². The largest absolute Gasteiger partial charge is 0.336 e. The van der Waals surface area contributed by atoms with Crippen molar-refractivity contribution in [2.45, 2.75) is 26.8 Å². The van der Waals surface area contributed by atoms with Gasteiger partial charge in [-0.1, -0.05) is 31.5 Å². The quantitative estimate of drug-likeness (QED) is 0.748. The normalized spacial score (nSPS) is 12.3. The molecule has 4 heteroatoms. The lowest BCUT2D eigenvalue weighted by Crippen LogP contribution is -2.42. The number of carbonyl (C=O) groups excluding carboxylic acids is 1. The van der Waals surface area contributed by atoms with Gasteiger partial charge in [-0.3, -0.25) is 0 Å². The van der Waals surface area contributed by atoms with E-state index >= 15 is 0 Å². The van der Waals surface area contributed by atoms with Crippen LogP contribution in [0.1, 0.15) is 19.4 Å². The van der Waals surface area contributed by atoms with Crippen molar-refractivity contribution in [3.8, 4) is 0 Å². The van der Waals surface area contributed by atoms with E-state index in [2.05, 4.69) is 10.6 Å². The van der Waals surface area contributed by atoms with Crippen molar-refractivity contribution >= 4 is 11.7 Å². The molecule has 0 heterocycles. The molecule has 0 aliphatic rings. The third-order valence-electron chi connectivity index (χ3n) is 2.66. The van der Waals surface area contributed by atoms with Crippen molar-refractivity contribution in [1.82, 2.24) is 5.32 Å². The van der Waals surface area contributed by atoms with E-state index < -0.39 is 0 Å². The van der Waals surface area contributed by atoms with E-state index in [1.807, 2.05) is 45.0 Å². The summed E-state index contributed by atoms with van der Waals surface area (Å²) >= 11 is 0. The minimum absolute atomic E-state index is 0.0150. The number of nitrogens with two attached hydrogens (primary N) is 1. The van der Waals surface area contributed by atoms with Crippen LogP contribution in [0.25, 0.3) is 0 Å². The Morgan fingerprint density at radius 3 is 2.41 bits per heavy atom. The van der Waals surface area contributed by atoms with Crippen LogP contribution in [0, 0.1) is 12.8 Å². The van der Waals surface area contributed by atoms with Crippen LogP contribution < -0.4 is 16.4 Å². The smallest absolute Gasteiger partial charge is 0.319 e. The second-order valence-electron chi connectivity index (χ2n) is 4.61. The molecule has 1 unspecified atom stereocenters. The van der Waals surface area contributed by atoms with Crippen molar-refractivity contribution in [2.24, 2.45) is 11.7 Å². The molecule has 0 saturated heterocycles. The van der Waals surface area contributed by atoms with E-state index in [9.17, 15) is 4.79 Å². The molecule has 2 amide bonds. The van der Waals surface area contributed by atoms with Gasteiger partial charge in [-0.2, -0.15) is 0 Å². The molecule has 1 atom stereocenters. The van der Waals surface area contributed by atoms with Gasteiger partial charge in [0.05, 0.1) is 0 Å². The van der Waals surface area contributed by atoms with Gasteiger partial charge < -0.3 is 16.4 Å². The fourth-order valence-corrected chi connectivity index (χ4v) is 1.26. The molecule has 0 aliphatic heterocycles. The molecule has 1 rings (SSSR count). The first-order valence-electron chi connectivity index (χ1n) is 5.86. The van der Waals surface area contributed by atoms with Gasteiger partial charge in [-0.05, 0) is 25.0 Å². The van der Waals surface area contributed by atoms with Gasteiger partial charge in [0.1, 0.15) is 0 Å². The molecule has 94 valence electrons. The average molecular weight is 235 g/mol. The Hall–Kier alpha value is -1.55. The van der Waals surface area contributed by atoms with E-state index in [-0.39, 0.29) is 12.1 Å². The predicted octanol–water partition coefficient (Wildman–Crippen LogP) is 2.10. The maximum absolute atomic E-state index is 11.5. The van der Waals surface area contributed by atoms with Crippen LogP contribution >= 0.6 is 0 Å².